The molecule has 0 heterocycles. The van der Waals surface area contributed by atoms with Gasteiger partial charge >= 0.3 is 0 Å². The third-order valence-corrected chi connectivity index (χ3v) is 6.44. The second-order valence-electron chi connectivity index (χ2n) is 8.05. The van der Waals surface area contributed by atoms with Crippen molar-refractivity contribution in [1.29, 1.82) is 0 Å². The zero-order valence-electron chi connectivity index (χ0n) is 17.5. The van der Waals surface area contributed by atoms with Crippen molar-refractivity contribution in [3.8, 4) is 0 Å². The fourth-order valence-electron chi connectivity index (χ4n) is 3.82. The van der Waals surface area contributed by atoms with Gasteiger partial charge < -0.3 is 10.2 Å². The molecule has 2 aromatic carbocycles. The number of carbonyl (C=O) groups is 2. The average Bonchev–Trinajstić information content (AvgIpc) is 3.22. The molecule has 160 valence electrons. The van der Waals surface area contributed by atoms with Crippen LogP contribution >= 0.6 is 23.2 Å². The third kappa shape index (κ3) is 5.77. The summed E-state index contributed by atoms with van der Waals surface area (Å²) in [5.74, 6) is -0.299. The van der Waals surface area contributed by atoms with Gasteiger partial charge in [0.1, 0.15) is 6.04 Å². The van der Waals surface area contributed by atoms with Gasteiger partial charge in [0.25, 0.3) is 0 Å². The number of nitrogens with zero attached hydrogens (tertiary/aromatic N) is 1. The van der Waals surface area contributed by atoms with E-state index < -0.39 is 6.04 Å². The van der Waals surface area contributed by atoms with Crippen molar-refractivity contribution in [1.82, 2.24) is 10.2 Å². The maximum Gasteiger partial charge on any atom is 0.242 e. The van der Waals surface area contributed by atoms with E-state index in [2.05, 4.69) is 5.32 Å². The van der Waals surface area contributed by atoms with E-state index in [0.29, 0.717) is 22.2 Å². The molecule has 0 spiro atoms. The third-order valence-electron chi connectivity index (χ3n) is 5.73. The normalized spacial score (nSPS) is 15.1. The van der Waals surface area contributed by atoms with Crippen LogP contribution in [-0.4, -0.2) is 28.8 Å². The Kier molecular flexibility index (Phi) is 7.79. The Morgan fingerprint density at radius 2 is 1.67 bits per heavy atom. The molecule has 3 rings (SSSR count). The van der Waals surface area contributed by atoms with Crippen LogP contribution in [0.4, 0.5) is 0 Å². The van der Waals surface area contributed by atoms with Gasteiger partial charge in [0.05, 0.1) is 6.42 Å². The first-order valence-corrected chi connectivity index (χ1v) is 11.2. The van der Waals surface area contributed by atoms with Gasteiger partial charge in [-0.15, -0.1) is 0 Å². The van der Waals surface area contributed by atoms with Gasteiger partial charge in [0, 0.05) is 22.6 Å². The summed E-state index contributed by atoms with van der Waals surface area (Å²) in [6.45, 7) is 4.15. The highest BCUT2D eigenvalue weighted by atomic mass is 35.5. The zero-order chi connectivity index (χ0) is 21.7. The zero-order valence-corrected chi connectivity index (χ0v) is 19.0. The first-order valence-electron chi connectivity index (χ1n) is 10.4. The van der Waals surface area contributed by atoms with Crippen molar-refractivity contribution >= 4 is 35.0 Å². The van der Waals surface area contributed by atoms with Crippen LogP contribution in [0.15, 0.2) is 42.5 Å². The maximum absolute atomic E-state index is 13.3. The van der Waals surface area contributed by atoms with Gasteiger partial charge in [-0.3, -0.25) is 9.59 Å². The second-order valence-corrected chi connectivity index (χ2v) is 8.86. The van der Waals surface area contributed by atoms with Gasteiger partial charge in [-0.05, 0) is 49.9 Å². The monoisotopic (exact) mass is 446 g/mol. The summed E-state index contributed by atoms with van der Waals surface area (Å²) in [7, 11) is 0. The molecule has 1 N–H and O–H groups in total. The van der Waals surface area contributed by atoms with Gasteiger partial charge in [-0.1, -0.05) is 71.9 Å². The Morgan fingerprint density at radius 1 is 1.07 bits per heavy atom. The topological polar surface area (TPSA) is 49.4 Å². The molecular weight excluding hydrogens is 419 g/mol. The van der Waals surface area contributed by atoms with Crippen LogP contribution in [0, 0.1) is 6.92 Å². The smallest absolute Gasteiger partial charge is 0.242 e. The predicted molar refractivity (Wildman–Crippen MR) is 122 cm³/mol. The number of carbonyl (C=O) groups excluding carboxylic acids is 2. The predicted octanol–water partition coefficient (Wildman–Crippen LogP) is 5.32. The first kappa shape index (κ1) is 22.6. The molecule has 1 unspecified atom stereocenters. The van der Waals surface area contributed by atoms with Crippen LogP contribution in [0.2, 0.25) is 10.0 Å². The van der Waals surface area contributed by atoms with Gasteiger partial charge in [-0.25, -0.2) is 0 Å². The molecule has 1 saturated carbocycles. The molecule has 4 nitrogen and oxygen atoms in total. The first-order chi connectivity index (χ1) is 14.3. The average molecular weight is 447 g/mol. The van der Waals surface area contributed by atoms with E-state index in [1.165, 1.54) is 0 Å². The van der Waals surface area contributed by atoms with E-state index in [1.807, 2.05) is 31.2 Å². The highest BCUT2D eigenvalue weighted by Gasteiger charge is 2.29. The molecule has 0 saturated heterocycles. The lowest BCUT2D eigenvalue weighted by Crippen LogP contribution is -2.50. The summed E-state index contributed by atoms with van der Waals surface area (Å²) in [4.78, 5) is 27.8. The molecule has 2 amide bonds. The second kappa shape index (κ2) is 10.3. The van der Waals surface area contributed by atoms with Crippen LogP contribution in [0.1, 0.15) is 49.3 Å². The van der Waals surface area contributed by atoms with E-state index in [-0.39, 0.29) is 24.3 Å². The van der Waals surface area contributed by atoms with Crippen molar-refractivity contribution in [2.75, 3.05) is 0 Å². The lowest BCUT2D eigenvalue weighted by Gasteiger charge is -2.30. The standard InChI is InChI=1S/C24H28Cl2N2O2/c1-16-10-12-18(13-11-16)15-28(17(2)24(30)27-19-6-3-4-7-19)23(29)14-20-21(25)8-5-9-22(20)26/h5,8-13,17,19H,3-4,6-7,14-15H2,1-2H3,(H,27,30). The Labute approximate surface area is 188 Å². The van der Waals surface area contributed by atoms with Gasteiger partial charge in [0.2, 0.25) is 11.8 Å². The largest absolute Gasteiger partial charge is 0.352 e. The van der Waals surface area contributed by atoms with Gasteiger partial charge in [-0.2, -0.15) is 0 Å². The fraction of sp³-hybridized carbons (Fsp3) is 0.417. The van der Waals surface area contributed by atoms with Crippen LogP contribution in [-0.2, 0) is 22.6 Å². The van der Waals surface area contributed by atoms with Crippen LogP contribution in [0.25, 0.3) is 0 Å². The minimum Gasteiger partial charge on any atom is -0.352 e. The summed E-state index contributed by atoms with van der Waals surface area (Å²) in [6.07, 6.45) is 4.32. The minimum absolute atomic E-state index is 0.0470. The van der Waals surface area contributed by atoms with Crippen molar-refractivity contribution in [2.45, 2.75) is 64.6 Å². The molecule has 0 aromatic heterocycles. The van der Waals surface area contributed by atoms with Crippen LogP contribution < -0.4 is 5.32 Å². The quantitative estimate of drug-likeness (QED) is 0.625. The Morgan fingerprint density at radius 3 is 2.27 bits per heavy atom. The molecule has 30 heavy (non-hydrogen) atoms. The number of hydrogen-bond acceptors (Lipinski definition) is 2. The van der Waals surface area contributed by atoms with Crippen LogP contribution in [0.3, 0.4) is 0 Å². The summed E-state index contributed by atoms with van der Waals surface area (Å²) >= 11 is 12.6. The number of aryl methyl sites for hydroxylation is 1. The molecule has 0 radical (unpaired) electrons. The lowest BCUT2D eigenvalue weighted by atomic mass is 10.1. The molecule has 1 aliphatic rings. The highest BCUT2D eigenvalue weighted by Crippen LogP contribution is 2.26. The van der Waals surface area contributed by atoms with E-state index in [0.717, 1.165) is 36.8 Å². The number of hydrogen-bond donors (Lipinski definition) is 1. The number of halogens is 2. The SMILES string of the molecule is Cc1ccc(CN(C(=O)Cc2c(Cl)cccc2Cl)C(C)C(=O)NC2CCCC2)cc1. The maximum atomic E-state index is 13.3. The number of benzene rings is 2. The van der Waals surface area contributed by atoms with Gasteiger partial charge in [0.15, 0.2) is 0 Å². The molecule has 0 bridgehead atoms. The van der Waals surface area contributed by atoms with Crippen molar-refractivity contribution < 1.29 is 9.59 Å². The summed E-state index contributed by atoms with van der Waals surface area (Å²) in [5, 5.41) is 4.02. The van der Waals surface area contributed by atoms with E-state index >= 15 is 0 Å². The summed E-state index contributed by atoms with van der Waals surface area (Å²) in [6, 6.07) is 12.8. The molecule has 1 fully saturated rings. The van der Waals surface area contributed by atoms with E-state index in [1.54, 1.807) is 30.0 Å². The molecule has 0 aliphatic heterocycles. The lowest BCUT2D eigenvalue weighted by molar-refractivity contribution is -0.140. The van der Waals surface area contributed by atoms with Crippen molar-refractivity contribution in [2.24, 2.45) is 0 Å². The Hall–Kier alpha value is -2.04. The molecule has 1 atom stereocenters. The fourth-order valence-corrected chi connectivity index (χ4v) is 4.35. The molecule has 1 aliphatic carbocycles. The number of amides is 2. The number of nitrogens with one attached hydrogen (secondary N) is 1. The summed E-state index contributed by atoms with van der Waals surface area (Å²) < 4.78 is 0. The molecular formula is C24H28Cl2N2O2. The van der Waals surface area contributed by atoms with Crippen LogP contribution in [0.5, 0.6) is 0 Å². The van der Waals surface area contributed by atoms with Crippen molar-refractivity contribution in [3.63, 3.8) is 0 Å². The Bertz CT molecular complexity index is 872. The van der Waals surface area contributed by atoms with Crippen molar-refractivity contribution in [3.05, 3.63) is 69.2 Å². The molecule has 6 heteroatoms. The Balaban J connectivity index is 1.80. The highest BCUT2D eigenvalue weighted by molar-refractivity contribution is 6.36. The number of rotatable bonds is 7. The van der Waals surface area contributed by atoms with E-state index in [4.69, 9.17) is 23.2 Å². The minimum atomic E-state index is -0.597. The van der Waals surface area contributed by atoms with E-state index in [9.17, 15) is 9.59 Å². The summed E-state index contributed by atoms with van der Waals surface area (Å²) in [5.41, 5.74) is 2.70. The molecule has 2 aromatic rings.